The van der Waals surface area contributed by atoms with Gasteiger partial charge in [-0.25, -0.2) is 9.40 Å². The second kappa shape index (κ2) is 4.59. The summed E-state index contributed by atoms with van der Waals surface area (Å²) in [6.45, 7) is 2.00. The zero-order chi connectivity index (χ0) is 10.7. The van der Waals surface area contributed by atoms with Crippen molar-refractivity contribution in [1.29, 1.82) is 0 Å². The van der Waals surface area contributed by atoms with Crippen LogP contribution >= 0.6 is 0 Å². The van der Waals surface area contributed by atoms with Crippen molar-refractivity contribution in [2.45, 2.75) is 6.30 Å². The predicted molar refractivity (Wildman–Crippen MR) is 59.2 cm³/mol. The first-order chi connectivity index (χ1) is 7.25. The number of nitrogens with zero attached hydrogens (tertiary/aromatic N) is 2. The highest BCUT2D eigenvalue weighted by Crippen LogP contribution is 2.11. The second-order valence-electron chi connectivity index (χ2n) is 3.84. The Balaban J connectivity index is 1.91. The molecule has 0 bridgehead atoms. The number of likely N-dealkylation sites (N-methyl/N-ethyl adjacent to an activating group) is 1. The molecule has 1 N–H and O–H groups in total. The SMILES string of the molecule is CN1CCN(Nc2ccccc2)CC1F. The van der Waals surface area contributed by atoms with E-state index in [1.807, 2.05) is 42.4 Å². The van der Waals surface area contributed by atoms with Gasteiger partial charge in [-0.2, -0.15) is 0 Å². The molecule has 3 nitrogen and oxygen atoms in total. The molecule has 1 aromatic rings. The molecular formula is C11H16FN3. The monoisotopic (exact) mass is 209 g/mol. The Kier molecular flexibility index (Phi) is 3.18. The number of anilines is 1. The lowest BCUT2D eigenvalue weighted by Gasteiger charge is -2.35. The molecule has 0 aliphatic carbocycles. The maximum Gasteiger partial charge on any atom is 0.168 e. The van der Waals surface area contributed by atoms with Gasteiger partial charge in [-0.3, -0.25) is 4.90 Å². The predicted octanol–water partition coefficient (Wildman–Crippen LogP) is 1.56. The zero-order valence-electron chi connectivity index (χ0n) is 8.86. The molecule has 0 radical (unpaired) electrons. The van der Waals surface area contributed by atoms with Crippen LogP contribution < -0.4 is 5.43 Å². The van der Waals surface area contributed by atoms with Crippen LogP contribution in [0, 0.1) is 0 Å². The summed E-state index contributed by atoms with van der Waals surface area (Å²) >= 11 is 0. The summed E-state index contributed by atoms with van der Waals surface area (Å²) in [6.07, 6.45) is -0.880. The third-order valence-corrected chi connectivity index (χ3v) is 2.63. The van der Waals surface area contributed by atoms with Crippen LogP contribution in [0.1, 0.15) is 0 Å². The molecule has 1 unspecified atom stereocenters. The number of hydrogen-bond acceptors (Lipinski definition) is 3. The molecule has 1 saturated heterocycles. The Morgan fingerprint density at radius 1 is 1.27 bits per heavy atom. The first-order valence-corrected chi connectivity index (χ1v) is 5.16. The zero-order valence-corrected chi connectivity index (χ0v) is 8.86. The third kappa shape index (κ3) is 2.67. The van der Waals surface area contributed by atoms with Crippen molar-refractivity contribution in [3.8, 4) is 0 Å². The van der Waals surface area contributed by atoms with Crippen LogP contribution in [-0.2, 0) is 0 Å². The van der Waals surface area contributed by atoms with Crippen molar-refractivity contribution in [1.82, 2.24) is 9.91 Å². The van der Waals surface area contributed by atoms with E-state index >= 15 is 0 Å². The van der Waals surface area contributed by atoms with E-state index in [2.05, 4.69) is 5.43 Å². The minimum absolute atomic E-state index is 0.408. The summed E-state index contributed by atoms with van der Waals surface area (Å²) in [5.41, 5.74) is 4.21. The summed E-state index contributed by atoms with van der Waals surface area (Å²) in [4.78, 5) is 1.73. The van der Waals surface area contributed by atoms with Gasteiger partial charge < -0.3 is 5.43 Å². The van der Waals surface area contributed by atoms with E-state index in [-0.39, 0.29) is 0 Å². The average molecular weight is 209 g/mol. The number of piperazine rings is 1. The Hall–Kier alpha value is -1.13. The Bertz CT molecular complexity index is 304. The molecule has 1 aliphatic rings. The third-order valence-electron chi connectivity index (χ3n) is 2.63. The molecule has 1 aliphatic heterocycles. The number of nitrogens with one attached hydrogen (secondary N) is 1. The van der Waals surface area contributed by atoms with Gasteiger partial charge in [0.15, 0.2) is 6.30 Å². The Morgan fingerprint density at radius 3 is 2.67 bits per heavy atom. The van der Waals surface area contributed by atoms with E-state index in [0.717, 1.165) is 18.8 Å². The average Bonchev–Trinajstić information content (AvgIpc) is 2.25. The van der Waals surface area contributed by atoms with Crippen LogP contribution in [0.4, 0.5) is 10.1 Å². The van der Waals surface area contributed by atoms with Crippen molar-refractivity contribution in [3.05, 3.63) is 30.3 Å². The molecule has 1 aromatic carbocycles. The van der Waals surface area contributed by atoms with Crippen molar-refractivity contribution in [3.63, 3.8) is 0 Å². The molecule has 0 aromatic heterocycles. The van der Waals surface area contributed by atoms with Crippen molar-refractivity contribution < 1.29 is 4.39 Å². The van der Waals surface area contributed by atoms with E-state index in [0.29, 0.717) is 6.54 Å². The molecular weight excluding hydrogens is 193 g/mol. The lowest BCUT2D eigenvalue weighted by atomic mass is 10.3. The molecule has 0 saturated carbocycles. The van der Waals surface area contributed by atoms with Gasteiger partial charge in [0.05, 0.1) is 6.54 Å². The Morgan fingerprint density at radius 2 is 2.00 bits per heavy atom. The van der Waals surface area contributed by atoms with E-state index < -0.39 is 6.30 Å². The van der Waals surface area contributed by atoms with Gasteiger partial charge in [-0.1, -0.05) is 18.2 Å². The molecule has 2 rings (SSSR count). The van der Waals surface area contributed by atoms with Crippen molar-refractivity contribution in [2.24, 2.45) is 0 Å². The van der Waals surface area contributed by atoms with Gasteiger partial charge in [0.2, 0.25) is 0 Å². The molecule has 1 heterocycles. The number of halogens is 1. The number of para-hydroxylation sites is 1. The first kappa shape index (κ1) is 10.4. The van der Waals surface area contributed by atoms with Crippen LogP contribution in [0.5, 0.6) is 0 Å². The number of alkyl halides is 1. The van der Waals surface area contributed by atoms with Crippen LogP contribution in [0.2, 0.25) is 0 Å². The first-order valence-electron chi connectivity index (χ1n) is 5.16. The Labute approximate surface area is 89.5 Å². The standard InChI is InChI=1S/C11H16FN3/c1-14-7-8-15(9-11(14)12)13-10-5-3-2-4-6-10/h2-6,11,13H,7-9H2,1H3. The summed E-state index contributed by atoms with van der Waals surface area (Å²) in [5, 5.41) is 1.92. The van der Waals surface area contributed by atoms with Gasteiger partial charge in [0.1, 0.15) is 0 Å². The van der Waals surface area contributed by atoms with Crippen LogP contribution in [0.3, 0.4) is 0 Å². The van der Waals surface area contributed by atoms with Gasteiger partial charge in [0, 0.05) is 18.8 Å². The highest BCUT2D eigenvalue weighted by Gasteiger charge is 2.23. The molecule has 1 fully saturated rings. The van der Waals surface area contributed by atoms with Crippen molar-refractivity contribution >= 4 is 5.69 Å². The van der Waals surface area contributed by atoms with E-state index in [1.54, 1.807) is 4.90 Å². The summed E-state index contributed by atoms with van der Waals surface area (Å²) in [5.74, 6) is 0. The lowest BCUT2D eigenvalue weighted by molar-refractivity contribution is 0.0288. The fourth-order valence-electron chi connectivity index (χ4n) is 1.63. The minimum Gasteiger partial charge on any atom is -0.319 e. The molecule has 82 valence electrons. The quantitative estimate of drug-likeness (QED) is 0.746. The maximum atomic E-state index is 13.4. The number of rotatable bonds is 2. The number of hydrogen-bond donors (Lipinski definition) is 1. The lowest BCUT2D eigenvalue weighted by Crippen LogP contribution is -2.51. The summed E-state index contributed by atoms with van der Waals surface area (Å²) < 4.78 is 13.4. The highest BCUT2D eigenvalue weighted by molar-refractivity contribution is 5.41. The van der Waals surface area contributed by atoms with Gasteiger partial charge in [-0.15, -0.1) is 0 Å². The topological polar surface area (TPSA) is 18.5 Å². The molecule has 0 amide bonds. The smallest absolute Gasteiger partial charge is 0.168 e. The van der Waals surface area contributed by atoms with E-state index in [9.17, 15) is 4.39 Å². The fourth-order valence-corrected chi connectivity index (χ4v) is 1.63. The largest absolute Gasteiger partial charge is 0.319 e. The van der Waals surface area contributed by atoms with Gasteiger partial charge >= 0.3 is 0 Å². The number of benzene rings is 1. The van der Waals surface area contributed by atoms with E-state index in [1.165, 1.54) is 0 Å². The van der Waals surface area contributed by atoms with E-state index in [4.69, 9.17) is 0 Å². The molecule has 1 atom stereocenters. The molecule has 15 heavy (non-hydrogen) atoms. The van der Waals surface area contributed by atoms with Crippen LogP contribution in [0.15, 0.2) is 30.3 Å². The highest BCUT2D eigenvalue weighted by atomic mass is 19.1. The minimum atomic E-state index is -0.880. The second-order valence-corrected chi connectivity index (χ2v) is 3.84. The van der Waals surface area contributed by atoms with Gasteiger partial charge in [-0.05, 0) is 19.2 Å². The normalized spacial score (nSPS) is 24.0. The maximum absolute atomic E-state index is 13.4. The fraction of sp³-hybridized carbons (Fsp3) is 0.455. The molecule has 0 spiro atoms. The van der Waals surface area contributed by atoms with Gasteiger partial charge in [0.25, 0.3) is 0 Å². The van der Waals surface area contributed by atoms with Crippen LogP contribution in [-0.4, -0.2) is 42.9 Å². The van der Waals surface area contributed by atoms with Crippen LogP contribution in [0.25, 0.3) is 0 Å². The number of hydrazine groups is 1. The summed E-state index contributed by atoms with van der Waals surface area (Å²) in [6, 6.07) is 9.85. The summed E-state index contributed by atoms with van der Waals surface area (Å²) in [7, 11) is 1.81. The molecule has 4 heteroatoms. The van der Waals surface area contributed by atoms with Crippen molar-refractivity contribution in [2.75, 3.05) is 32.1 Å².